The van der Waals surface area contributed by atoms with Gasteiger partial charge in [-0.25, -0.2) is 0 Å². The minimum absolute atomic E-state index is 0.682. The van der Waals surface area contributed by atoms with Gasteiger partial charge in [-0.05, 0) is 50.3 Å². The molecule has 2 nitrogen and oxygen atoms in total. The van der Waals surface area contributed by atoms with Gasteiger partial charge in [0.25, 0.3) is 0 Å². The lowest BCUT2D eigenvalue weighted by atomic mass is 9.94. The maximum absolute atomic E-state index is 5.83. The maximum atomic E-state index is 5.83. The molecule has 2 N–H and O–H groups in total. The lowest BCUT2D eigenvalue weighted by molar-refractivity contribution is 0.122. The predicted molar refractivity (Wildman–Crippen MR) is 77.6 cm³/mol. The van der Waals surface area contributed by atoms with Crippen molar-refractivity contribution in [3.05, 3.63) is 35.9 Å². The zero-order valence-corrected chi connectivity index (χ0v) is 11.5. The van der Waals surface area contributed by atoms with Gasteiger partial charge in [-0.1, -0.05) is 37.3 Å². The molecule has 2 atom stereocenters. The highest BCUT2D eigenvalue weighted by molar-refractivity contribution is 5.16. The Morgan fingerprint density at radius 1 is 1.33 bits per heavy atom. The van der Waals surface area contributed by atoms with E-state index >= 15 is 0 Å². The van der Waals surface area contributed by atoms with Crippen molar-refractivity contribution in [2.24, 2.45) is 11.7 Å². The second-order valence-corrected chi connectivity index (χ2v) is 5.49. The monoisotopic (exact) mass is 246 g/mol. The van der Waals surface area contributed by atoms with Crippen molar-refractivity contribution < 1.29 is 0 Å². The number of nitrogens with two attached hydrogens (primary N) is 1. The number of rotatable bonds is 5. The van der Waals surface area contributed by atoms with Crippen molar-refractivity contribution >= 4 is 0 Å². The van der Waals surface area contributed by atoms with Crippen molar-refractivity contribution in [1.29, 1.82) is 0 Å². The van der Waals surface area contributed by atoms with E-state index in [4.69, 9.17) is 5.73 Å². The predicted octanol–water partition coefficient (Wildman–Crippen LogP) is 2.68. The highest BCUT2D eigenvalue weighted by atomic mass is 15.2. The Labute approximate surface area is 111 Å². The van der Waals surface area contributed by atoms with E-state index in [-0.39, 0.29) is 0 Å². The fraction of sp³-hybridized carbons (Fsp3) is 0.625. The molecule has 1 fully saturated rings. The molecule has 0 spiro atoms. The highest BCUT2D eigenvalue weighted by Gasteiger charge is 2.24. The molecule has 100 valence electrons. The summed E-state index contributed by atoms with van der Waals surface area (Å²) in [5, 5.41) is 0. The van der Waals surface area contributed by atoms with Crippen LogP contribution in [-0.2, 0) is 6.42 Å². The summed E-state index contributed by atoms with van der Waals surface area (Å²) in [6.07, 6.45) is 5.03. The first kappa shape index (κ1) is 13.6. The van der Waals surface area contributed by atoms with Crippen LogP contribution in [0.1, 0.15) is 31.7 Å². The van der Waals surface area contributed by atoms with Gasteiger partial charge in [0.05, 0.1) is 0 Å². The van der Waals surface area contributed by atoms with Crippen LogP contribution in [-0.4, -0.2) is 30.6 Å². The van der Waals surface area contributed by atoms with Crippen molar-refractivity contribution in [2.45, 2.75) is 38.6 Å². The largest absolute Gasteiger partial charge is 0.330 e. The summed E-state index contributed by atoms with van der Waals surface area (Å²) in [7, 11) is 0. The molecule has 1 aromatic rings. The van der Waals surface area contributed by atoms with Crippen molar-refractivity contribution in [1.82, 2.24) is 4.90 Å². The van der Waals surface area contributed by atoms with Crippen LogP contribution in [0.4, 0.5) is 0 Å². The van der Waals surface area contributed by atoms with Gasteiger partial charge < -0.3 is 5.73 Å². The van der Waals surface area contributed by atoms with Gasteiger partial charge in [0.1, 0.15) is 0 Å². The summed E-state index contributed by atoms with van der Waals surface area (Å²) in [5.74, 6) is 0.712. The molecule has 18 heavy (non-hydrogen) atoms. The van der Waals surface area contributed by atoms with Gasteiger partial charge in [0.2, 0.25) is 0 Å². The van der Waals surface area contributed by atoms with Crippen LogP contribution in [0.2, 0.25) is 0 Å². The molecule has 2 rings (SSSR count). The number of hydrogen-bond donors (Lipinski definition) is 1. The number of likely N-dealkylation sites (tertiary alicyclic amines) is 1. The Bertz CT molecular complexity index is 336. The highest BCUT2D eigenvalue weighted by Crippen LogP contribution is 2.21. The van der Waals surface area contributed by atoms with Crippen molar-refractivity contribution in [3.8, 4) is 0 Å². The molecule has 2 heteroatoms. The first-order valence-corrected chi connectivity index (χ1v) is 7.31. The second-order valence-electron chi connectivity index (χ2n) is 5.49. The molecule has 0 bridgehead atoms. The third kappa shape index (κ3) is 3.56. The summed E-state index contributed by atoms with van der Waals surface area (Å²) in [6.45, 7) is 5.60. The van der Waals surface area contributed by atoms with Crippen LogP contribution < -0.4 is 5.73 Å². The summed E-state index contributed by atoms with van der Waals surface area (Å²) in [6, 6.07) is 11.5. The topological polar surface area (TPSA) is 29.3 Å². The average Bonchev–Trinajstić information content (AvgIpc) is 2.46. The Balaban J connectivity index is 1.95. The summed E-state index contributed by atoms with van der Waals surface area (Å²) < 4.78 is 0. The molecule has 2 unspecified atom stereocenters. The van der Waals surface area contributed by atoms with Crippen LogP contribution in [0.5, 0.6) is 0 Å². The molecule has 1 heterocycles. The molecule has 0 aromatic heterocycles. The van der Waals surface area contributed by atoms with Crippen molar-refractivity contribution in [2.75, 3.05) is 19.6 Å². The molecule has 0 saturated carbocycles. The molecule has 1 saturated heterocycles. The van der Waals surface area contributed by atoms with Gasteiger partial charge in [0, 0.05) is 12.6 Å². The van der Waals surface area contributed by atoms with Gasteiger partial charge >= 0.3 is 0 Å². The van der Waals surface area contributed by atoms with E-state index < -0.39 is 0 Å². The molecular weight excluding hydrogens is 220 g/mol. The maximum Gasteiger partial charge on any atom is 0.0133 e. The van der Waals surface area contributed by atoms with Crippen LogP contribution in [0.15, 0.2) is 30.3 Å². The van der Waals surface area contributed by atoms with E-state index in [1.165, 1.54) is 44.3 Å². The van der Waals surface area contributed by atoms with E-state index in [2.05, 4.69) is 42.2 Å². The van der Waals surface area contributed by atoms with E-state index in [9.17, 15) is 0 Å². The van der Waals surface area contributed by atoms with Crippen LogP contribution in [0.25, 0.3) is 0 Å². The number of hydrogen-bond acceptors (Lipinski definition) is 2. The van der Waals surface area contributed by atoms with Gasteiger partial charge in [-0.2, -0.15) is 0 Å². The van der Waals surface area contributed by atoms with E-state index in [1.807, 2.05) is 0 Å². The first-order valence-electron chi connectivity index (χ1n) is 7.31. The van der Waals surface area contributed by atoms with Crippen LogP contribution >= 0.6 is 0 Å². The SMILES string of the molecule is CCC(Cc1ccccc1)N1CCCC(CN)C1. The lowest BCUT2D eigenvalue weighted by Crippen LogP contribution is -2.45. The normalized spacial score (nSPS) is 22.9. The molecule has 1 aromatic carbocycles. The van der Waals surface area contributed by atoms with E-state index in [1.54, 1.807) is 0 Å². The van der Waals surface area contributed by atoms with E-state index in [0.29, 0.717) is 12.0 Å². The standard InChI is InChI=1S/C16H26N2/c1-2-16(11-14-7-4-3-5-8-14)18-10-6-9-15(12-17)13-18/h3-5,7-8,15-16H,2,6,9-13,17H2,1H3. The molecule has 1 aliphatic heterocycles. The zero-order chi connectivity index (χ0) is 12.8. The molecule has 0 aliphatic carbocycles. The smallest absolute Gasteiger partial charge is 0.0133 e. The zero-order valence-electron chi connectivity index (χ0n) is 11.5. The Hall–Kier alpha value is -0.860. The van der Waals surface area contributed by atoms with Crippen molar-refractivity contribution in [3.63, 3.8) is 0 Å². The van der Waals surface area contributed by atoms with E-state index in [0.717, 1.165) is 6.54 Å². The van der Waals surface area contributed by atoms with Crippen LogP contribution in [0, 0.1) is 5.92 Å². The third-order valence-electron chi connectivity index (χ3n) is 4.19. The number of nitrogens with zero attached hydrogens (tertiary/aromatic N) is 1. The Kier molecular flexibility index (Phi) is 5.21. The fourth-order valence-corrected chi connectivity index (χ4v) is 3.04. The summed E-state index contributed by atoms with van der Waals surface area (Å²) in [5.41, 5.74) is 7.29. The Morgan fingerprint density at radius 2 is 2.11 bits per heavy atom. The summed E-state index contributed by atoms with van der Waals surface area (Å²) >= 11 is 0. The first-order chi connectivity index (χ1) is 8.83. The van der Waals surface area contributed by atoms with Gasteiger partial charge in [-0.3, -0.25) is 4.90 Å². The quantitative estimate of drug-likeness (QED) is 0.865. The number of benzene rings is 1. The minimum Gasteiger partial charge on any atom is -0.330 e. The fourth-order valence-electron chi connectivity index (χ4n) is 3.04. The second kappa shape index (κ2) is 6.91. The molecule has 0 radical (unpaired) electrons. The number of piperidine rings is 1. The van der Waals surface area contributed by atoms with Crippen LogP contribution in [0.3, 0.4) is 0 Å². The summed E-state index contributed by atoms with van der Waals surface area (Å²) in [4.78, 5) is 2.66. The molecule has 1 aliphatic rings. The molecular formula is C16H26N2. The van der Waals surface area contributed by atoms with Gasteiger partial charge in [0.15, 0.2) is 0 Å². The lowest BCUT2D eigenvalue weighted by Gasteiger charge is -2.38. The minimum atomic E-state index is 0.682. The average molecular weight is 246 g/mol. The Morgan fingerprint density at radius 3 is 2.78 bits per heavy atom. The third-order valence-corrected chi connectivity index (χ3v) is 4.19. The molecule has 0 amide bonds. The van der Waals surface area contributed by atoms with Gasteiger partial charge in [-0.15, -0.1) is 0 Å².